The van der Waals surface area contributed by atoms with Crippen LogP contribution in [0.25, 0.3) is 0 Å². The molecule has 0 amide bonds. The Morgan fingerprint density at radius 1 is 1.00 bits per heavy atom. The van der Waals surface area contributed by atoms with Crippen molar-refractivity contribution < 1.29 is 13.2 Å². The molecule has 0 bridgehead atoms. The second kappa shape index (κ2) is 3.52. The number of benzene rings is 1. The summed E-state index contributed by atoms with van der Waals surface area (Å²) in [7, 11) is 0. The SMILES string of the molecule is Cc1c(F)c(N)c(C(C)C)c(F)c1F. The van der Waals surface area contributed by atoms with Gasteiger partial charge in [-0.25, -0.2) is 13.2 Å². The highest BCUT2D eigenvalue weighted by Crippen LogP contribution is 2.31. The minimum Gasteiger partial charge on any atom is -0.396 e. The highest BCUT2D eigenvalue weighted by atomic mass is 19.2. The highest BCUT2D eigenvalue weighted by Gasteiger charge is 2.22. The summed E-state index contributed by atoms with van der Waals surface area (Å²) in [5.74, 6) is -3.41. The molecule has 0 unspecified atom stereocenters. The monoisotopic (exact) mass is 203 g/mol. The van der Waals surface area contributed by atoms with Crippen LogP contribution in [0.15, 0.2) is 0 Å². The first-order valence-corrected chi connectivity index (χ1v) is 4.30. The molecule has 0 atom stereocenters. The third-order valence-electron chi connectivity index (χ3n) is 2.19. The van der Waals surface area contributed by atoms with E-state index in [2.05, 4.69) is 0 Å². The molecule has 1 nitrogen and oxygen atoms in total. The molecule has 1 aromatic carbocycles. The maximum Gasteiger partial charge on any atom is 0.165 e. The van der Waals surface area contributed by atoms with E-state index in [0.29, 0.717) is 0 Å². The van der Waals surface area contributed by atoms with Crippen molar-refractivity contribution in [2.45, 2.75) is 26.7 Å². The smallest absolute Gasteiger partial charge is 0.165 e. The lowest BCUT2D eigenvalue weighted by atomic mass is 9.98. The predicted molar refractivity (Wildman–Crippen MR) is 49.6 cm³/mol. The van der Waals surface area contributed by atoms with Gasteiger partial charge in [-0.3, -0.25) is 0 Å². The van der Waals surface area contributed by atoms with Crippen LogP contribution in [0.3, 0.4) is 0 Å². The van der Waals surface area contributed by atoms with Gasteiger partial charge in [-0.15, -0.1) is 0 Å². The van der Waals surface area contributed by atoms with Crippen molar-refractivity contribution in [3.63, 3.8) is 0 Å². The third kappa shape index (κ3) is 1.45. The van der Waals surface area contributed by atoms with Crippen LogP contribution in [0.1, 0.15) is 30.9 Å². The van der Waals surface area contributed by atoms with Gasteiger partial charge in [0.2, 0.25) is 0 Å². The standard InChI is InChI=1S/C10H12F3N/c1-4(2)6-9(13)7(11)5(3)8(12)10(6)14/h4H,14H2,1-3H3. The molecule has 0 aromatic heterocycles. The van der Waals surface area contributed by atoms with Crippen LogP contribution in [-0.2, 0) is 0 Å². The average Bonchev–Trinajstić information content (AvgIpc) is 2.11. The first kappa shape index (κ1) is 10.9. The summed E-state index contributed by atoms with van der Waals surface area (Å²) in [6, 6.07) is 0. The molecule has 0 fully saturated rings. The van der Waals surface area contributed by atoms with Crippen LogP contribution in [0.2, 0.25) is 0 Å². The van der Waals surface area contributed by atoms with Crippen LogP contribution in [0.5, 0.6) is 0 Å². The van der Waals surface area contributed by atoms with E-state index in [1.54, 1.807) is 13.8 Å². The maximum absolute atomic E-state index is 13.3. The van der Waals surface area contributed by atoms with Crippen LogP contribution >= 0.6 is 0 Å². The first-order valence-electron chi connectivity index (χ1n) is 4.30. The molecule has 0 saturated heterocycles. The van der Waals surface area contributed by atoms with Crippen molar-refractivity contribution in [1.82, 2.24) is 0 Å². The summed E-state index contributed by atoms with van der Waals surface area (Å²) >= 11 is 0. The van der Waals surface area contributed by atoms with Crippen molar-refractivity contribution >= 4 is 5.69 Å². The summed E-state index contributed by atoms with van der Waals surface area (Å²) in [5, 5.41) is 0. The zero-order chi connectivity index (χ0) is 11.0. The molecule has 0 spiro atoms. The Morgan fingerprint density at radius 2 is 1.50 bits per heavy atom. The lowest BCUT2D eigenvalue weighted by molar-refractivity contribution is 0.474. The topological polar surface area (TPSA) is 26.0 Å². The van der Waals surface area contributed by atoms with Gasteiger partial charge in [-0.2, -0.15) is 0 Å². The second-order valence-electron chi connectivity index (χ2n) is 3.55. The zero-order valence-corrected chi connectivity index (χ0v) is 8.29. The minimum absolute atomic E-state index is 0.0920. The fraction of sp³-hybridized carbons (Fsp3) is 0.400. The Morgan fingerprint density at radius 3 is 1.93 bits per heavy atom. The molecule has 14 heavy (non-hydrogen) atoms. The van der Waals surface area contributed by atoms with Gasteiger partial charge in [0.25, 0.3) is 0 Å². The molecular formula is C10H12F3N. The Balaban J connectivity index is 3.60. The van der Waals surface area contributed by atoms with Gasteiger partial charge < -0.3 is 5.73 Å². The van der Waals surface area contributed by atoms with Gasteiger partial charge in [0.15, 0.2) is 17.5 Å². The number of rotatable bonds is 1. The number of anilines is 1. The maximum atomic E-state index is 13.3. The molecule has 4 heteroatoms. The van der Waals surface area contributed by atoms with E-state index >= 15 is 0 Å². The number of hydrogen-bond donors (Lipinski definition) is 1. The summed E-state index contributed by atoms with van der Waals surface area (Å²) in [4.78, 5) is 0. The minimum atomic E-state index is -1.15. The molecule has 1 aromatic rings. The molecule has 0 saturated carbocycles. The Kier molecular flexibility index (Phi) is 2.73. The number of nitrogen functional groups attached to an aromatic ring is 1. The molecule has 0 radical (unpaired) electrons. The van der Waals surface area contributed by atoms with Crippen molar-refractivity contribution in [1.29, 1.82) is 0 Å². The van der Waals surface area contributed by atoms with Crippen LogP contribution in [-0.4, -0.2) is 0 Å². The molecule has 78 valence electrons. The molecule has 1 rings (SSSR count). The molecular weight excluding hydrogens is 191 g/mol. The Labute approximate surface area is 80.7 Å². The lowest BCUT2D eigenvalue weighted by Gasteiger charge is -2.14. The van der Waals surface area contributed by atoms with Gasteiger partial charge in [0.05, 0.1) is 5.69 Å². The zero-order valence-electron chi connectivity index (χ0n) is 8.29. The van der Waals surface area contributed by atoms with E-state index in [4.69, 9.17) is 5.73 Å². The second-order valence-corrected chi connectivity index (χ2v) is 3.55. The van der Waals surface area contributed by atoms with Crippen molar-refractivity contribution in [2.75, 3.05) is 5.73 Å². The summed E-state index contributed by atoms with van der Waals surface area (Å²) in [5.41, 5.74) is 4.61. The Bertz CT molecular complexity index is 343. The molecule has 0 aliphatic rings. The fourth-order valence-corrected chi connectivity index (χ4v) is 1.38. The van der Waals surface area contributed by atoms with E-state index in [1.165, 1.54) is 0 Å². The van der Waals surface area contributed by atoms with Gasteiger partial charge in [0.1, 0.15) is 0 Å². The largest absolute Gasteiger partial charge is 0.396 e. The van der Waals surface area contributed by atoms with Crippen molar-refractivity contribution in [2.24, 2.45) is 0 Å². The summed E-state index contributed by atoms with van der Waals surface area (Å²) in [6.07, 6.45) is 0. The lowest BCUT2D eigenvalue weighted by Crippen LogP contribution is -2.08. The molecule has 0 aliphatic carbocycles. The fourth-order valence-electron chi connectivity index (χ4n) is 1.38. The quantitative estimate of drug-likeness (QED) is 0.550. The molecule has 0 aliphatic heterocycles. The van der Waals surface area contributed by atoms with Gasteiger partial charge in [-0.05, 0) is 12.8 Å². The Hall–Kier alpha value is -1.19. The van der Waals surface area contributed by atoms with Crippen molar-refractivity contribution in [3.05, 3.63) is 28.6 Å². The molecule has 2 N–H and O–H groups in total. The predicted octanol–water partition coefficient (Wildman–Crippen LogP) is 3.12. The number of nitrogens with two attached hydrogens (primary N) is 1. The van der Waals surface area contributed by atoms with Crippen LogP contribution in [0.4, 0.5) is 18.9 Å². The first-order chi connectivity index (χ1) is 6.37. The average molecular weight is 203 g/mol. The van der Waals surface area contributed by atoms with Gasteiger partial charge >= 0.3 is 0 Å². The van der Waals surface area contributed by atoms with Crippen molar-refractivity contribution in [3.8, 4) is 0 Å². The highest BCUT2D eigenvalue weighted by molar-refractivity contribution is 5.53. The van der Waals surface area contributed by atoms with E-state index in [-0.39, 0.29) is 22.7 Å². The molecule has 0 heterocycles. The van der Waals surface area contributed by atoms with Gasteiger partial charge in [0, 0.05) is 11.1 Å². The van der Waals surface area contributed by atoms with Crippen LogP contribution in [0, 0.1) is 24.4 Å². The normalized spacial score (nSPS) is 11.1. The van der Waals surface area contributed by atoms with E-state index < -0.39 is 17.5 Å². The summed E-state index contributed by atoms with van der Waals surface area (Å²) < 4.78 is 39.7. The number of halogens is 3. The summed E-state index contributed by atoms with van der Waals surface area (Å²) in [6.45, 7) is 4.42. The van der Waals surface area contributed by atoms with Gasteiger partial charge in [-0.1, -0.05) is 13.8 Å². The van der Waals surface area contributed by atoms with E-state index in [1.807, 2.05) is 0 Å². The van der Waals surface area contributed by atoms with E-state index in [0.717, 1.165) is 6.92 Å². The van der Waals surface area contributed by atoms with E-state index in [9.17, 15) is 13.2 Å². The third-order valence-corrected chi connectivity index (χ3v) is 2.19. The van der Waals surface area contributed by atoms with Crippen LogP contribution < -0.4 is 5.73 Å². The number of hydrogen-bond acceptors (Lipinski definition) is 1.